The molecule has 17 heavy (non-hydrogen) atoms. The summed E-state index contributed by atoms with van der Waals surface area (Å²) in [6.45, 7) is 9.73. The lowest BCUT2D eigenvalue weighted by Crippen LogP contribution is -2.25. The maximum atomic E-state index is 10.7. The van der Waals surface area contributed by atoms with E-state index in [1.165, 1.54) is 11.3 Å². The Balaban J connectivity index is 2.71. The number of carbonyl (C=O) groups excluding carboxylic acids is 1. The van der Waals surface area contributed by atoms with Crippen molar-refractivity contribution in [2.75, 3.05) is 6.54 Å². The van der Waals surface area contributed by atoms with Crippen LogP contribution in [0.4, 0.5) is 0 Å². The van der Waals surface area contributed by atoms with Crippen molar-refractivity contribution < 1.29 is 4.79 Å². The molecular formula is C12H22N4O. The van der Waals surface area contributed by atoms with Gasteiger partial charge in [-0.05, 0) is 27.7 Å². The van der Waals surface area contributed by atoms with Crippen LogP contribution in [0.15, 0.2) is 0 Å². The molecule has 1 heterocycles. The van der Waals surface area contributed by atoms with E-state index in [-0.39, 0.29) is 11.9 Å². The van der Waals surface area contributed by atoms with Crippen molar-refractivity contribution in [1.29, 1.82) is 0 Å². The van der Waals surface area contributed by atoms with Gasteiger partial charge in [0.05, 0.1) is 5.69 Å². The van der Waals surface area contributed by atoms with Gasteiger partial charge < -0.3 is 11.1 Å². The summed E-state index contributed by atoms with van der Waals surface area (Å²) in [6, 6.07) is 0.189. The molecule has 0 radical (unpaired) electrons. The lowest BCUT2D eigenvalue weighted by atomic mass is 10.1. The topological polar surface area (TPSA) is 72.9 Å². The van der Waals surface area contributed by atoms with Crippen LogP contribution in [0.5, 0.6) is 0 Å². The quantitative estimate of drug-likeness (QED) is 0.778. The fraction of sp³-hybridized carbons (Fsp3) is 0.667. The van der Waals surface area contributed by atoms with Gasteiger partial charge in [-0.2, -0.15) is 5.10 Å². The number of nitrogens with zero attached hydrogens (tertiary/aromatic N) is 2. The second-order valence-electron chi connectivity index (χ2n) is 4.29. The summed E-state index contributed by atoms with van der Waals surface area (Å²) in [4.78, 5) is 10.7. The zero-order valence-electron chi connectivity index (χ0n) is 11.1. The van der Waals surface area contributed by atoms with Gasteiger partial charge in [-0.15, -0.1) is 0 Å². The first-order valence-electron chi connectivity index (χ1n) is 6.03. The van der Waals surface area contributed by atoms with Crippen molar-refractivity contribution >= 4 is 5.91 Å². The van der Waals surface area contributed by atoms with Gasteiger partial charge >= 0.3 is 0 Å². The molecule has 0 bridgehead atoms. The molecule has 1 aromatic rings. The van der Waals surface area contributed by atoms with E-state index in [1.54, 1.807) is 0 Å². The molecule has 1 unspecified atom stereocenters. The first-order valence-corrected chi connectivity index (χ1v) is 6.03. The monoisotopic (exact) mass is 238 g/mol. The molecule has 1 amide bonds. The van der Waals surface area contributed by atoms with Crippen molar-refractivity contribution in [3.05, 3.63) is 17.0 Å². The molecule has 1 rings (SSSR count). The smallest absolute Gasteiger partial charge is 0.218 e. The van der Waals surface area contributed by atoms with Crippen LogP contribution in [-0.2, 0) is 11.3 Å². The first kappa shape index (κ1) is 13.7. The van der Waals surface area contributed by atoms with Gasteiger partial charge in [-0.3, -0.25) is 9.48 Å². The van der Waals surface area contributed by atoms with Gasteiger partial charge in [-0.1, -0.05) is 0 Å². The van der Waals surface area contributed by atoms with E-state index >= 15 is 0 Å². The van der Waals surface area contributed by atoms with Crippen LogP contribution >= 0.6 is 0 Å². The molecule has 0 aliphatic rings. The Morgan fingerprint density at radius 1 is 1.53 bits per heavy atom. The average Bonchev–Trinajstić information content (AvgIpc) is 2.53. The summed E-state index contributed by atoms with van der Waals surface area (Å²) in [5.41, 5.74) is 8.56. The van der Waals surface area contributed by atoms with E-state index < -0.39 is 0 Å². The largest absolute Gasteiger partial charge is 0.370 e. The molecule has 0 aliphatic carbocycles. The van der Waals surface area contributed by atoms with E-state index in [1.807, 2.05) is 11.6 Å². The summed E-state index contributed by atoms with van der Waals surface area (Å²) in [5, 5.41) is 7.77. The van der Waals surface area contributed by atoms with Crippen molar-refractivity contribution in [2.45, 2.75) is 46.7 Å². The molecule has 0 aromatic carbocycles. The number of rotatable bonds is 6. The summed E-state index contributed by atoms with van der Waals surface area (Å²) in [6.07, 6.45) is 0.365. The van der Waals surface area contributed by atoms with Crippen LogP contribution in [0.3, 0.4) is 0 Å². The van der Waals surface area contributed by atoms with Crippen LogP contribution in [0.25, 0.3) is 0 Å². The molecular weight excluding hydrogens is 216 g/mol. The SMILES string of the molecule is CCn1nc(C)c(C(C)NCCC(N)=O)c1C. The standard InChI is InChI=1S/C12H22N4O/c1-5-16-10(4)12(9(3)15-16)8(2)14-7-6-11(13)17/h8,14H,5-7H2,1-4H3,(H2,13,17). The highest BCUT2D eigenvalue weighted by molar-refractivity contribution is 5.73. The van der Waals surface area contributed by atoms with Crippen LogP contribution in [0, 0.1) is 13.8 Å². The third kappa shape index (κ3) is 3.30. The fourth-order valence-corrected chi connectivity index (χ4v) is 2.16. The molecule has 5 heteroatoms. The van der Waals surface area contributed by atoms with Gasteiger partial charge in [0.25, 0.3) is 0 Å². The van der Waals surface area contributed by atoms with E-state index in [9.17, 15) is 4.79 Å². The summed E-state index contributed by atoms with van der Waals surface area (Å²) >= 11 is 0. The molecule has 0 spiro atoms. The lowest BCUT2D eigenvalue weighted by Gasteiger charge is -2.14. The maximum absolute atomic E-state index is 10.7. The Morgan fingerprint density at radius 2 is 2.18 bits per heavy atom. The minimum Gasteiger partial charge on any atom is -0.370 e. The number of hydrogen-bond acceptors (Lipinski definition) is 3. The minimum absolute atomic E-state index is 0.189. The van der Waals surface area contributed by atoms with Crippen molar-refractivity contribution in [3.63, 3.8) is 0 Å². The highest BCUT2D eigenvalue weighted by atomic mass is 16.1. The molecule has 0 fully saturated rings. The Hall–Kier alpha value is -1.36. The second-order valence-corrected chi connectivity index (χ2v) is 4.29. The number of primary amides is 1. The predicted octanol–water partition coefficient (Wildman–Crippen LogP) is 1.05. The summed E-state index contributed by atoms with van der Waals surface area (Å²) in [7, 11) is 0. The average molecular weight is 238 g/mol. The highest BCUT2D eigenvalue weighted by Crippen LogP contribution is 2.21. The second kappa shape index (κ2) is 5.82. The fourth-order valence-electron chi connectivity index (χ4n) is 2.16. The molecule has 1 aromatic heterocycles. The maximum Gasteiger partial charge on any atom is 0.218 e. The van der Waals surface area contributed by atoms with Crippen LogP contribution < -0.4 is 11.1 Å². The zero-order chi connectivity index (χ0) is 13.0. The van der Waals surface area contributed by atoms with Crippen molar-refractivity contribution in [2.24, 2.45) is 5.73 Å². The van der Waals surface area contributed by atoms with Gasteiger partial charge in [0.1, 0.15) is 0 Å². The Labute approximate surface area is 102 Å². The molecule has 0 saturated carbocycles. The number of aromatic nitrogens is 2. The lowest BCUT2D eigenvalue weighted by molar-refractivity contribution is -0.117. The summed E-state index contributed by atoms with van der Waals surface area (Å²) < 4.78 is 2.00. The number of nitrogens with one attached hydrogen (secondary N) is 1. The molecule has 1 atom stereocenters. The van der Waals surface area contributed by atoms with Crippen LogP contribution in [0.2, 0.25) is 0 Å². The van der Waals surface area contributed by atoms with Gasteiger partial charge in [0, 0.05) is 36.8 Å². The summed E-state index contributed by atoms with van der Waals surface area (Å²) in [5.74, 6) is -0.276. The third-order valence-corrected chi connectivity index (χ3v) is 2.99. The van der Waals surface area contributed by atoms with Gasteiger partial charge in [-0.25, -0.2) is 0 Å². The number of amides is 1. The van der Waals surface area contributed by atoms with Crippen molar-refractivity contribution in [3.8, 4) is 0 Å². The third-order valence-electron chi connectivity index (χ3n) is 2.99. The number of hydrogen-bond donors (Lipinski definition) is 2. The predicted molar refractivity (Wildman–Crippen MR) is 67.6 cm³/mol. The Kier molecular flexibility index (Phi) is 4.69. The van der Waals surface area contributed by atoms with Crippen molar-refractivity contribution in [1.82, 2.24) is 15.1 Å². The van der Waals surface area contributed by atoms with Gasteiger partial charge in [0.15, 0.2) is 0 Å². The Bertz CT molecular complexity index is 397. The molecule has 0 aliphatic heterocycles. The van der Waals surface area contributed by atoms with Crippen LogP contribution in [-0.4, -0.2) is 22.2 Å². The number of nitrogens with two attached hydrogens (primary N) is 1. The van der Waals surface area contributed by atoms with E-state index in [2.05, 4.69) is 31.2 Å². The first-order chi connectivity index (χ1) is 7.97. The van der Waals surface area contributed by atoms with Gasteiger partial charge in [0.2, 0.25) is 5.91 Å². The normalized spacial score (nSPS) is 12.7. The van der Waals surface area contributed by atoms with E-state index in [4.69, 9.17) is 5.73 Å². The number of aryl methyl sites for hydroxylation is 2. The molecule has 0 saturated heterocycles. The molecule has 3 N–H and O–H groups in total. The number of carbonyl (C=O) groups is 1. The van der Waals surface area contributed by atoms with E-state index in [0.29, 0.717) is 13.0 Å². The van der Waals surface area contributed by atoms with E-state index in [0.717, 1.165) is 12.2 Å². The zero-order valence-corrected chi connectivity index (χ0v) is 11.1. The highest BCUT2D eigenvalue weighted by Gasteiger charge is 2.16. The molecule has 5 nitrogen and oxygen atoms in total. The minimum atomic E-state index is -0.276. The molecule has 96 valence electrons. The van der Waals surface area contributed by atoms with Crippen LogP contribution in [0.1, 0.15) is 43.3 Å². The Morgan fingerprint density at radius 3 is 2.65 bits per heavy atom.